The maximum absolute atomic E-state index is 12.9. The van der Waals surface area contributed by atoms with Crippen LogP contribution in [-0.4, -0.2) is 28.6 Å². The summed E-state index contributed by atoms with van der Waals surface area (Å²) in [5, 5.41) is 15.8. The molecular formula is C21H23ClN2O4. The Labute approximate surface area is 169 Å². The van der Waals surface area contributed by atoms with Crippen LogP contribution in [0.25, 0.3) is 0 Å². The topological polar surface area (TPSA) is 81.5 Å². The van der Waals surface area contributed by atoms with E-state index in [0.29, 0.717) is 10.6 Å². The van der Waals surface area contributed by atoms with Gasteiger partial charge in [0, 0.05) is 9.95 Å². The molecule has 0 unspecified atom stereocenters. The van der Waals surface area contributed by atoms with Crippen LogP contribution in [0.15, 0.2) is 54.6 Å². The van der Waals surface area contributed by atoms with E-state index >= 15 is 0 Å². The van der Waals surface area contributed by atoms with Crippen LogP contribution in [0.4, 0.5) is 0 Å². The summed E-state index contributed by atoms with van der Waals surface area (Å²) in [6.07, 6.45) is 0. The Balaban J connectivity index is 2.05. The molecule has 7 heteroatoms. The first-order valence-corrected chi connectivity index (χ1v) is 9.48. The Morgan fingerprint density at radius 2 is 1.68 bits per heavy atom. The monoisotopic (exact) mass is 402 g/mol. The molecule has 0 amide bonds. The summed E-state index contributed by atoms with van der Waals surface area (Å²) >= 11 is 5.97. The van der Waals surface area contributed by atoms with Crippen molar-refractivity contribution in [2.45, 2.75) is 50.4 Å². The largest absolute Gasteiger partial charge is 0.459 e. The lowest BCUT2D eigenvalue weighted by Crippen LogP contribution is -2.41. The molecule has 1 saturated heterocycles. The number of halogens is 1. The van der Waals surface area contributed by atoms with Gasteiger partial charge in [0.15, 0.2) is 0 Å². The average Bonchev–Trinajstić information content (AvgIpc) is 3.02. The van der Waals surface area contributed by atoms with Gasteiger partial charge in [-0.05, 0) is 44.0 Å². The summed E-state index contributed by atoms with van der Waals surface area (Å²) in [6, 6.07) is 13.4. The summed E-state index contributed by atoms with van der Waals surface area (Å²) in [5.74, 6) is -1.16. The first-order chi connectivity index (χ1) is 13.2. The van der Waals surface area contributed by atoms with E-state index in [0.717, 1.165) is 5.56 Å². The van der Waals surface area contributed by atoms with Crippen LogP contribution in [0.2, 0.25) is 5.02 Å². The molecule has 0 bridgehead atoms. The predicted octanol–water partition coefficient (Wildman–Crippen LogP) is 4.12. The number of benzene rings is 2. The van der Waals surface area contributed by atoms with E-state index in [1.165, 1.54) is 0 Å². The Morgan fingerprint density at radius 1 is 1.07 bits per heavy atom. The van der Waals surface area contributed by atoms with Crippen molar-refractivity contribution in [1.29, 1.82) is 0 Å². The van der Waals surface area contributed by atoms with Gasteiger partial charge in [-0.1, -0.05) is 54.1 Å². The van der Waals surface area contributed by atoms with Crippen molar-refractivity contribution in [2.75, 3.05) is 0 Å². The summed E-state index contributed by atoms with van der Waals surface area (Å²) in [7, 11) is 0. The van der Waals surface area contributed by atoms with Gasteiger partial charge in [-0.25, -0.2) is 0 Å². The van der Waals surface area contributed by atoms with E-state index in [1.807, 2.05) is 30.3 Å². The summed E-state index contributed by atoms with van der Waals surface area (Å²) < 4.78 is 5.56. The highest BCUT2D eigenvalue weighted by Gasteiger charge is 2.55. The van der Waals surface area contributed by atoms with E-state index in [1.54, 1.807) is 45.0 Å². The fourth-order valence-corrected chi connectivity index (χ4v) is 3.79. The molecule has 3 rings (SSSR count). The van der Waals surface area contributed by atoms with Crippen LogP contribution in [0.1, 0.15) is 43.9 Å². The van der Waals surface area contributed by atoms with Crippen LogP contribution in [0, 0.1) is 10.1 Å². The molecule has 1 N–H and O–H groups in total. The van der Waals surface area contributed by atoms with Crippen molar-refractivity contribution in [3.8, 4) is 0 Å². The number of ether oxygens (including phenoxy) is 1. The molecule has 148 valence electrons. The van der Waals surface area contributed by atoms with E-state index in [9.17, 15) is 14.9 Å². The van der Waals surface area contributed by atoms with Gasteiger partial charge in [0.2, 0.25) is 6.04 Å². The van der Waals surface area contributed by atoms with Crippen molar-refractivity contribution in [1.82, 2.24) is 5.32 Å². The van der Waals surface area contributed by atoms with Gasteiger partial charge < -0.3 is 4.74 Å². The second-order valence-electron chi connectivity index (χ2n) is 7.92. The summed E-state index contributed by atoms with van der Waals surface area (Å²) in [4.78, 5) is 24.7. The zero-order valence-corrected chi connectivity index (χ0v) is 16.7. The molecule has 1 aliphatic heterocycles. The Kier molecular flexibility index (Phi) is 5.72. The van der Waals surface area contributed by atoms with E-state index in [2.05, 4.69) is 5.32 Å². The predicted molar refractivity (Wildman–Crippen MR) is 107 cm³/mol. The fourth-order valence-electron chi connectivity index (χ4n) is 3.66. The quantitative estimate of drug-likeness (QED) is 0.472. The zero-order chi connectivity index (χ0) is 20.5. The number of rotatable bonds is 4. The molecule has 0 aliphatic carbocycles. The summed E-state index contributed by atoms with van der Waals surface area (Å²) in [5.41, 5.74) is 0.741. The van der Waals surface area contributed by atoms with Crippen molar-refractivity contribution in [3.05, 3.63) is 80.9 Å². The standard InChI is InChI=1S/C21H23ClN2O4/c1-21(2,3)28-20(25)18-16(13-7-5-4-6-8-13)19(24(26)27)17(23-18)14-9-11-15(22)12-10-14/h4-12,16-19,23H,1-3H3/t16-,17+,18+,19+/m1/s1. The van der Waals surface area contributed by atoms with Crippen LogP contribution in [-0.2, 0) is 9.53 Å². The number of nitrogens with zero attached hydrogens (tertiary/aromatic N) is 1. The highest BCUT2D eigenvalue weighted by molar-refractivity contribution is 6.30. The third kappa shape index (κ3) is 4.34. The van der Waals surface area contributed by atoms with E-state index in [4.69, 9.17) is 16.3 Å². The zero-order valence-electron chi connectivity index (χ0n) is 16.0. The first kappa shape index (κ1) is 20.3. The lowest BCUT2D eigenvalue weighted by molar-refractivity contribution is -0.527. The minimum atomic E-state index is -1.03. The smallest absolute Gasteiger partial charge is 0.324 e. The molecule has 6 nitrogen and oxygen atoms in total. The first-order valence-electron chi connectivity index (χ1n) is 9.10. The lowest BCUT2D eigenvalue weighted by Gasteiger charge is -2.25. The lowest BCUT2D eigenvalue weighted by atomic mass is 9.85. The molecule has 0 radical (unpaired) electrons. The van der Waals surface area contributed by atoms with Crippen LogP contribution in [0.3, 0.4) is 0 Å². The molecule has 0 spiro atoms. The van der Waals surface area contributed by atoms with Gasteiger partial charge in [-0.3, -0.25) is 20.2 Å². The van der Waals surface area contributed by atoms with Crippen molar-refractivity contribution >= 4 is 17.6 Å². The number of carbonyl (C=O) groups is 1. The van der Waals surface area contributed by atoms with Crippen molar-refractivity contribution in [3.63, 3.8) is 0 Å². The molecule has 0 saturated carbocycles. The van der Waals surface area contributed by atoms with Crippen LogP contribution < -0.4 is 5.32 Å². The third-order valence-electron chi connectivity index (χ3n) is 4.75. The Hall–Kier alpha value is -2.44. The minimum Gasteiger partial charge on any atom is -0.459 e. The van der Waals surface area contributed by atoms with E-state index < -0.39 is 35.6 Å². The molecule has 2 aromatic rings. The molecule has 2 aromatic carbocycles. The van der Waals surface area contributed by atoms with Gasteiger partial charge in [-0.15, -0.1) is 0 Å². The summed E-state index contributed by atoms with van der Waals surface area (Å²) in [6.45, 7) is 5.33. The molecular weight excluding hydrogens is 380 g/mol. The Bertz CT molecular complexity index is 849. The normalized spacial score (nSPS) is 24.7. The third-order valence-corrected chi connectivity index (χ3v) is 5.00. The van der Waals surface area contributed by atoms with Gasteiger partial charge >= 0.3 is 5.97 Å². The molecule has 0 aromatic heterocycles. The SMILES string of the molecule is CC(C)(C)OC(=O)[C@H]1N[C@@H](c2ccc(Cl)cc2)[C@@H]([N+](=O)[O-])[C@@H]1c1ccccc1. The minimum absolute atomic E-state index is 0.311. The van der Waals surface area contributed by atoms with Gasteiger partial charge in [0.05, 0.1) is 5.92 Å². The fraction of sp³-hybridized carbons (Fsp3) is 0.381. The number of hydrogen-bond acceptors (Lipinski definition) is 5. The highest BCUT2D eigenvalue weighted by Crippen LogP contribution is 2.41. The number of nitrogens with one attached hydrogen (secondary N) is 1. The number of hydrogen-bond donors (Lipinski definition) is 1. The highest BCUT2D eigenvalue weighted by atomic mass is 35.5. The van der Waals surface area contributed by atoms with Crippen molar-refractivity contribution < 1.29 is 14.5 Å². The number of esters is 1. The maximum Gasteiger partial charge on any atom is 0.324 e. The molecule has 4 atom stereocenters. The molecule has 1 aliphatic rings. The molecule has 1 heterocycles. The average molecular weight is 403 g/mol. The van der Waals surface area contributed by atoms with Gasteiger partial charge in [-0.2, -0.15) is 0 Å². The van der Waals surface area contributed by atoms with E-state index in [-0.39, 0.29) is 4.92 Å². The Morgan fingerprint density at radius 3 is 2.21 bits per heavy atom. The second kappa shape index (κ2) is 7.89. The number of nitro groups is 1. The molecule has 1 fully saturated rings. The molecule has 28 heavy (non-hydrogen) atoms. The van der Waals surface area contributed by atoms with Gasteiger partial charge in [0.1, 0.15) is 17.7 Å². The van der Waals surface area contributed by atoms with Crippen molar-refractivity contribution in [2.24, 2.45) is 0 Å². The number of carbonyl (C=O) groups excluding carboxylic acids is 1. The second-order valence-corrected chi connectivity index (χ2v) is 8.36. The maximum atomic E-state index is 12.9. The van der Waals surface area contributed by atoms with Crippen LogP contribution in [0.5, 0.6) is 0 Å². The van der Waals surface area contributed by atoms with Crippen LogP contribution >= 0.6 is 11.6 Å². The van der Waals surface area contributed by atoms with Gasteiger partial charge in [0.25, 0.3) is 0 Å².